The van der Waals surface area contributed by atoms with Crippen LogP contribution in [0.15, 0.2) is 36.4 Å². The van der Waals surface area contributed by atoms with Crippen LogP contribution >= 0.6 is 0 Å². The summed E-state index contributed by atoms with van der Waals surface area (Å²) in [6.07, 6.45) is 6.78. The van der Waals surface area contributed by atoms with Crippen molar-refractivity contribution in [3.05, 3.63) is 53.6 Å². The number of anilines is 1. The van der Waals surface area contributed by atoms with Crippen LogP contribution in [0.4, 0.5) is 23.4 Å². The number of alkyl halides is 2. The van der Waals surface area contributed by atoms with Crippen LogP contribution in [-0.2, 0) is 6.42 Å². The molecule has 0 radical (unpaired) electrons. The zero-order valence-electron chi connectivity index (χ0n) is 27.8. The molecule has 4 aromatic rings. The molecule has 0 saturated carbocycles. The van der Waals surface area contributed by atoms with E-state index in [4.69, 9.17) is 9.72 Å². The van der Waals surface area contributed by atoms with Gasteiger partial charge in [-0.25, -0.2) is 17.6 Å². The molecule has 1 aromatic heterocycles. The number of rotatable bonds is 10. The fourth-order valence-corrected chi connectivity index (χ4v) is 8.99. The first-order chi connectivity index (χ1) is 23.7. The summed E-state index contributed by atoms with van der Waals surface area (Å²) in [4.78, 5) is 13.6. The Bertz CT molecular complexity index is 1860. The summed E-state index contributed by atoms with van der Waals surface area (Å²) in [7, 11) is 0. The molecule has 4 unspecified atom stereocenters. The third-order valence-corrected chi connectivity index (χ3v) is 11.2. The molecule has 4 aliphatic heterocycles. The van der Waals surface area contributed by atoms with Crippen LogP contribution in [0.3, 0.4) is 0 Å². The van der Waals surface area contributed by atoms with E-state index in [-0.39, 0.29) is 70.8 Å². The Kier molecular flexibility index (Phi) is 8.54. The van der Waals surface area contributed by atoms with Crippen LogP contribution < -0.4 is 15.0 Å². The second-order valence-electron chi connectivity index (χ2n) is 14.5. The molecule has 0 spiro atoms. The molecular formula is C38H43F4N5O2. The van der Waals surface area contributed by atoms with Gasteiger partial charge in [-0.15, -0.1) is 0 Å². The predicted octanol–water partition coefficient (Wildman–Crippen LogP) is 7.75. The zero-order chi connectivity index (χ0) is 33.9. The number of piperazine rings is 1. The van der Waals surface area contributed by atoms with E-state index in [1.807, 2.05) is 25.1 Å². The van der Waals surface area contributed by atoms with Crippen molar-refractivity contribution < 1.29 is 27.4 Å². The highest BCUT2D eigenvalue weighted by Crippen LogP contribution is 2.44. The highest BCUT2D eigenvalue weighted by Gasteiger charge is 2.48. The third kappa shape index (κ3) is 6.17. The molecule has 4 atom stereocenters. The summed E-state index contributed by atoms with van der Waals surface area (Å²) in [5.41, 5.74) is 0.930. The summed E-state index contributed by atoms with van der Waals surface area (Å²) in [6, 6.07) is 10.5. The number of aryl methyl sites for hydroxylation is 1. The van der Waals surface area contributed by atoms with Crippen LogP contribution in [0.5, 0.6) is 11.8 Å². The number of piperidine rings is 1. The Morgan fingerprint density at radius 1 is 0.959 bits per heavy atom. The molecule has 5 heterocycles. The summed E-state index contributed by atoms with van der Waals surface area (Å²) >= 11 is 0. The largest absolute Gasteiger partial charge is 0.508 e. The van der Waals surface area contributed by atoms with E-state index in [0.29, 0.717) is 49.1 Å². The lowest BCUT2D eigenvalue weighted by Crippen LogP contribution is -2.51. The van der Waals surface area contributed by atoms with Crippen LogP contribution in [0.1, 0.15) is 70.3 Å². The van der Waals surface area contributed by atoms with Gasteiger partial charge >= 0.3 is 6.01 Å². The topological polar surface area (TPSA) is 73.8 Å². The minimum absolute atomic E-state index is 0.0225. The van der Waals surface area contributed by atoms with Crippen molar-refractivity contribution in [2.24, 2.45) is 0 Å². The quantitative estimate of drug-likeness (QED) is 0.131. The number of aromatic hydroxyl groups is 1. The van der Waals surface area contributed by atoms with Crippen LogP contribution in [-0.4, -0.2) is 76.3 Å². The van der Waals surface area contributed by atoms with Crippen LogP contribution in [0, 0.1) is 11.6 Å². The number of nitrogens with zero attached hydrogens (tertiary/aromatic N) is 4. The van der Waals surface area contributed by atoms with E-state index >= 15 is 8.78 Å². The number of benzene rings is 3. The standard InChI is InChI=1S/C38H43F4N5O2/c1-2-22-7-6-8-23-15-28(48)16-29(32(22)23)33-31(39)17-30-35(34(33)40)44-37(45-36(30)46-20-24-9-10-25(21-46)43-24)49-14-5-3-4-13-47-26-11-12-27(47)19-38(41,42)18-26/h6-8,15-17,24-27,43,48H,2-5,9-14,18-21H2,1H3. The Balaban J connectivity index is 1.08. The average Bonchev–Trinajstić information content (AvgIpc) is 3.54. The maximum Gasteiger partial charge on any atom is 0.319 e. The molecular weight excluding hydrogens is 634 g/mol. The minimum Gasteiger partial charge on any atom is -0.508 e. The van der Waals surface area contributed by atoms with E-state index in [1.165, 1.54) is 12.1 Å². The van der Waals surface area contributed by atoms with Gasteiger partial charge in [-0.05, 0) is 98.0 Å². The Morgan fingerprint density at radius 3 is 2.45 bits per heavy atom. The number of unbranched alkanes of at least 4 members (excludes halogenated alkanes) is 2. The van der Waals surface area contributed by atoms with Gasteiger partial charge in [0.25, 0.3) is 5.92 Å². The number of hydrogen-bond acceptors (Lipinski definition) is 7. The van der Waals surface area contributed by atoms with Gasteiger partial charge in [0.1, 0.15) is 22.9 Å². The third-order valence-electron chi connectivity index (χ3n) is 11.2. The number of halogens is 4. The molecule has 4 aliphatic rings. The lowest BCUT2D eigenvalue weighted by Gasteiger charge is -2.38. The van der Waals surface area contributed by atoms with Gasteiger partial charge in [0.05, 0.1) is 12.2 Å². The first kappa shape index (κ1) is 32.5. The smallest absolute Gasteiger partial charge is 0.319 e. The number of nitrogens with one attached hydrogen (secondary N) is 1. The van der Waals surface area contributed by atoms with Crippen molar-refractivity contribution in [1.29, 1.82) is 0 Å². The van der Waals surface area contributed by atoms with Crippen LogP contribution in [0.25, 0.3) is 32.8 Å². The maximum atomic E-state index is 16.8. The SMILES string of the molecule is CCc1cccc2cc(O)cc(-c3c(F)cc4c(N5CC6CCC(C5)N6)nc(OCCCCCN5C6CCC5CC(F)(F)C6)nc4c3F)c12. The molecule has 49 heavy (non-hydrogen) atoms. The fourth-order valence-electron chi connectivity index (χ4n) is 8.99. The monoisotopic (exact) mass is 677 g/mol. The van der Waals surface area contributed by atoms with Gasteiger partial charge < -0.3 is 20.1 Å². The molecule has 4 fully saturated rings. The van der Waals surface area contributed by atoms with Gasteiger partial charge in [0.15, 0.2) is 5.82 Å². The molecule has 3 aromatic carbocycles. The summed E-state index contributed by atoms with van der Waals surface area (Å²) in [6.45, 7) is 4.43. The normalized spacial score (nSPS) is 24.7. The molecule has 7 nitrogen and oxygen atoms in total. The van der Waals surface area contributed by atoms with Crippen molar-refractivity contribution in [1.82, 2.24) is 20.2 Å². The van der Waals surface area contributed by atoms with Crippen molar-refractivity contribution in [2.75, 3.05) is 31.1 Å². The van der Waals surface area contributed by atoms with Crippen molar-refractivity contribution in [3.8, 4) is 22.9 Å². The van der Waals surface area contributed by atoms with Gasteiger partial charge in [-0.3, -0.25) is 4.90 Å². The average molecular weight is 678 g/mol. The number of phenolic OH excluding ortho intramolecular Hbond substituents is 1. The molecule has 2 N–H and O–H groups in total. The molecule has 8 rings (SSSR count). The molecule has 260 valence electrons. The number of fused-ring (bicyclic) bond motifs is 6. The fraction of sp³-hybridized carbons (Fsp3) is 0.526. The second kappa shape index (κ2) is 12.9. The number of ether oxygens (including phenoxy) is 1. The lowest BCUT2D eigenvalue weighted by atomic mass is 9.92. The van der Waals surface area contributed by atoms with Gasteiger partial charge in [-0.1, -0.05) is 25.1 Å². The maximum absolute atomic E-state index is 16.8. The van der Waals surface area contributed by atoms with Gasteiger partial charge in [0, 0.05) is 55.5 Å². The Morgan fingerprint density at radius 2 is 1.71 bits per heavy atom. The number of aromatic nitrogens is 2. The highest BCUT2D eigenvalue weighted by atomic mass is 19.3. The minimum atomic E-state index is -2.54. The van der Waals surface area contributed by atoms with E-state index in [1.54, 1.807) is 6.07 Å². The Labute approximate surface area is 283 Å². The Hall–Kier alpha value is -3.70. The highest BCUT2D eigenvalue weighted by molar-refractivity contribution is 6.03. The predicted molar refractivity (Wildman–Crippen MR) is 183 cm³/mol. The van der Waals surface area contributed by atoms with E-state index in [2.05, 4.69) is 20.1 Å². The van der Waals surface area contributed by atoms with Crippen molar-refractivity contribution >= 4 is 27.5 Å². The van der Waals surface area contributed by atoms with Gasteiger partial charge in [-0.2, -0.15) is 9.97 Å². The summed E-state index contributed by atoms with van der Waals surface area (Å²) < 4.78 is 67.2. The van der Waals surface area contributed by atoms with Crippen LogP contribution in [0.2, 0.25) is 0 Å². The number of hydrogen-bond donors (Lipinski definition) is 2. The molecule has 0 amide bonds. The second-order valence-corrected chi connectivity index (χ2v) is 14.5. The molecule has 4 bridgehead atoms. The molecule has 11 heteroatoms. The first-order valence-corrected chi connectivity index (χ1v) is 17.9. The van der Waals surface area contributed by atoms with E-state index in [0.717, 1.165) is 50.6 Å². The van der Waals surface area contributed by atoms with E-state index < -0.39 is 17.6 Å². The van der Waals surface area contributed by atoms with Gasteiger partial charge in [0.2, 0.25) is 0 Å². The molecule has 0 aliphatic carbocycles. The first-order valence-electron chi connectivity index (χ1n) is 17.9. The summed E-state index contributed by atoms with van der Waals surface area (Å²) in [5.74, 6) is -3.73. The summed E-state index contributed by atoms with van der Waals surface area (Å²) in [5, 5.41) is 15.9. The van der Waals surface area contributed by atoms with E-state index in [9.17, 15) is 13.9 Å². The zero-order valence-corrected chi connectivity index (χ0v) is 27.8. The van der Waals surface area contributed by atoms with Crippen molar-refractivity contribution in [2.45, 2.75) is 101 Å². The number of phenols is 1. The molecule has 4 saturated heterocycles. The van der Waals surface area contributed by atoms with Crippen molar-refractivity contribution in [3.63, 3.8) is 0 Å². The lowest BCUT2D eigenvalue weighted by molar-refractivity contribution is -0.0828.